The topological polar surface area (TPSA) is 60.8 Å². The first-order valence-corrected chi connectivity index (χ1v) is 19.6. The Hall–Kier alpha value is -7.76. The van der Waals surface area contributed by atoms with Crippen LogP contribution in [-0.2, 0) is 5.41 Å². The minimum Gasteiger partial charge on any atom is -0.456 e. The molecule has 2 aromatic heterocycles. The molecule has 0 saturated heterocycles. The Bertz CT molecular complexity index is 3150. The minimum absolute atomic E-state index is 0.580. The number of nitrogens with zero attached hydrogens (tertiary/aromatic N) is 4. The molecule has 0 radical (unpaired) electrons. The van der Waals surface area contributed by atoms with Crippen LogP contribution in [0.25, 0.3) is 78.2 Å². The van der Waals surface area contributed by atoms with Gasteiger partial charge in [0.05, 0.1) is 16.6 Å². The summed E-state index contributed by atoms with van der Waals surface area (Å²) in [5.41, 5.74) is 12.1. The summed E-state index contributed by atoms with van der Waals surface area (Å²) >= 11 is 0. The van der Waals surface area contributed by atoms with E-state index in [0.717, 1.165) is 72.2 Å². The Morgan fingerprint density at radius 2 is 0.862 bits per heavy atom. The van der Waals surface area contributed by atoms with Gasteiger partial charge in [-0.1, -0.05) is 182 Å². The summed E-state index contributed by atoms with van der Waals surface area (Å²) in [5, 5.41) is 3.04. The molecule has 0 N–H and O–H groups in total. The highest BCUT2D eigenvalue weighted by molar-refractivity contribution is 6.15. The molecule has 1 spiro atoms. The third-order valence-electron chi connectivity index (χ3n) is 11.8. The lowest BCUT2D eigenvalue weighted by Crippen LogP contribution is -2.32. The summed E-state index contributed by atoms with van der Waals surface area (Å²) in [4.78, 5) is 20.5. The van der Waals surface area contributed by atoms with E-state index in [-0.39, 0.29) is 0 Å². The minimum atomic E-state index is -0.583. The normalized spacial score (nSPS) is 13.1. The van der Waals surface area contributed by atoms with Crippen LogP contribution in [0.2, 0.25) is 0 Å². The third-order valence-corrected chi connectivity index (χ3v) is 11.8. The summed E-state index contributed by atoms with van der Waals surface area (Å²) < 4.78 is 7.19. The predicted molar refractivity (Wildman–Crippen MR) is 232 cm³/mol. The van der Waals surface area contributed by atoms with Gasteiger partial charge >= 0.3 is 0 Å². The lowest BCUT2D eigenvalue weighted by Gasteiger charge is -2.40. The molecule has 0 fully saturated rings. The van der Waals surface area contributed by atoms with Crippen molar-refractivity contribution in [3.05, 3.63) is 216 Å². The number of hydrogen-bond donors (Lipinski definition) is 0. The average molecular weight is 741 g/mol. The zero-order chi connectivity index (χ0) is 38.2. The highest BCUT2D eigenvalue weighted by Crippen LogP contribution is 2.63. The summed E-state index contributed by atoms with van der Waals surface area (Å²) in [6.45, 7) is 0. The number of rotatable bonds is 4. The first-order chi connectivity index (χ1) is 28.8. The van der Waals surface area contributed by atoms with E-state index in [0.29, 0.717) is 17.5 Å². The number of ether oxygens (including phenoxy) is 1. The van der Waals surface area contributed by atoms with E-state index in [4.69, 9.17) is 24.7 Å². The highest BCUT2D eigenvalue weighted by atomic mass is 16.5. The monoisotopic (exact) mass is 740 g/mol. The fourth-order valence-corrected chi connectivity index (χ4v) is 9.29. The largest absolute Gasteiger partial charge is 0.456 e. The van der Waals surface area contributed by atoms with Crippen LogP contribution in [-0.4, -0.2) is 19.9 Å². The van der Waals surface area contributed by atoms with Crippen molar-refractivity contribution >= 4 is 21.7 Å². The lowest BCUT2D eigenvalue weighted by molar-refractivity contribution is 0.442. The van der Waals surface area contributed by atoms with Crippen molar-refractivity contribution in [2.45, 2.75) is 5.41 Å². The van der Waals surface area contributed by atoms with Crippen LogP contribution in [0.3, 0.4) is 0 Å². The number of para-hydroxylation sites is 1. The zero-order valence-electron chi connectivity index (χ0n) is 31.2. The Morgan fingerprint density at radius 3 is 1.48 bits per heavy atom. The zero-order valence-corrected chi connectivity index (χ0v) is 31.2. The lowest BCUT2D eigenvalue weighted by atomic mass is 9.65. The molecule has 12 rings (SSSR count). The van der Waals surface area contributed by atoms with E-state index in [9.17, 15) is 0 Å². The number of aromatic nitrogens is 4. The molecule has 0 unspecified atom stereocenters. The quantitative estimate of drug-likeness (QED) is 0.168. The number of benzene rings is 8. The van der Waals surface area contributed by atoms with Crippen LogP contribution in [0.15, 0.2) is 194 Å². The third kappa shape index (κ3) is 4.71. The van der Waals surface area contributed by atoms with Crippen molar-refractivity contribution in [1.29, 1.82) is 0 Å². The van der Waals surface area contributed by atoms with Gasteiger partial charge in [-0.15, -0.1) is 0 Å². The van der Waals surface area contributed by atoms with E-state index in [1.54, 1.807) is 0 Å². The second-order valence-electron chi connectivity index (χ2n) is 14.9. The average Bonchev–Trinajstić information content (AvgIpc) is 3.59. The molecule has 5 heteroatoms. The maximum absolute atomic E-state index is 7.19. The molecule has 0 amide bonds. The van der Waals surface area contributed by atoms with Gasteiger partial charge in [0.25, 0.3) is 0 Å². The van der Waals surface area contributed by atoms with Crippen LogP contribution >= 0.6 is 0 Å². The first kappa shape index (κ1) is 32.5. The van der Waals surface area contributed by atoms with E-state index >= 15 is 0 Å². The van der Waals surface area contributed by atoms with Gasteiger partial charge in [-0.05, 0) is 34.4 Å². The molecule has 0 saturated carbocycles. The molecule has 58 heavy (non-hydrogen) atoms. The van der Waals surface area contributed by atoms with Crippen LogP contribution in [0.4, 0.5) is 0 Å². The molecular formula is C53H32N4O. The van der Waals surface area contributed by atoms with E-state index < -0.39 is 5.41 Å². The molecule has 3 heterocycles. The van der Waals surface area contributed by atoms with Crippen LogP contribution in [0.1, 0.15) is 22.3 Å². The van der Waals surface area contributed by atoms with Crippen molar-refractivity contribution < 1.29 is 4.74 Å². The van der Waals surface area contributed by atoms with Crippen molar-refractivity contribution in [3.8, 4) is 68.0 Å². The summed E-state index contributed by atoms with van der Waals surface area (Å²) in [6.07, 6.45) is 0. The van der Waals surface area contributed by atoms with Crippen molar-refractivity contribution in [1.82, 2.24) is 19.9 Å². The van der Waals surface area contributed by atoms with Crippen molar-refractivity contribution in [3.63, 3.8) is 0 Å². The molecule has 1 aliphatic heterocycles. The van der Waals surface area contributed by atoms with E-state index in [1.165, 1.54) is 22.3 Å². The van der Waals surface area contributed by atoms with Crippen LogP contribution < -0.4 is 4.74 Å². The molecule has 5 nitrogen and oxygen atoms in total. The van der Waals surface area contributed by atoms with Gasteiger partial charge in [0.15, 0.2) is 17.5 Å². The van der Waals surface area contributed by atoms with E-state index in [1.807, 2.05) is 66.7 Å². The molecule has 0 bridgehead atoms. The predicted octanol–water partition coefficient (Wildman–Crippen LogP) is 12.7. The fraction of sp³-hybridized carbons (Fsp3) is 0.0189. The Balaban J connectivity index is 1.16. The van der Waals surface area contributed by atoms with Gasteiger partial charge in [-0.3, -0.25) is 0 Å². The Morgan fingerprint density at radius 1 is 0.362 bits per heavy atom. The fourth-order valence-electron chi connectivity index (χ4n) is 9.29. The highest BCUT2D eigenvalue weighted by Gasteiger charge is 2.51. The molecule has 0 atom stereocenters. The molecule has 1 aliphatic carbocycles. The van der Waals surface area contributed by atoms with Gasteiger partial charge in [-0.25, -0.2) is 19.9 Å². The van der Waals surface area contributed by atoms with Gasteiger partial charge in [0.2, 0.25) is 0 Å². The van der Waals surface area contributed by atoms with Gasteiger partial charge in [0.1, 0.15) is 11.5 Å². The molecule has 8 aromatic carbocycles. The standard InChI is InChI=1S/C53H32N4O/c1-4-16-33(17-5-1)48-40-30-31-44-49(58-46-27-15-14-26-43(46)53(44)41-24-12-10-22-37(41)38-23-11-13-25-42(38)53)47(40)39-29-28-36(32-45(39)54-48)52-56-50(34-18-6-2-7-19-34)55-51(57-52)35-20-8-3-9-21-35/h1-32H. The van der Waals surface area contributed by atoms with Gasteiger partial charge < -0.3 is 4.74 Å². The number of fused-ring (bicyclic) bond motifs is 13. The molecule has 10 aromatic rings. The van der Waals surface area contributed by atoms with Crippen LogP contribution in [0, 0.1) is 0 Å². The number of pyridine rings is 1. The maximum Gasteiger partial charge on any atom is 0.164 e. The maximum atomic E-state index is 7.19. The SMILES string of the molecule is c1ccc(-c2nc(-c3ccccc3)nc(-c3ccc4c(c3)nc(-c3ccccc3)c3ccc5c(c34)Oc3ccccc3C53c4ccccc4-c4ccccc43)n2)cc1. The second kappa shape index (κ2) is 12.6. The number of hydrogen-bond acceptors (Lipinski definition) is 5. The Labute approximate surface area is 335 Å². The smallest absolute Gasteiger partial charge is 0.164 e. The molecule has 2 aliphatic rings. The second-order valence-corrected chi connectivity index (χ2v) is 14.9. The van der Waals surface area contributed by atoms with Crippen molar-refractivity contribution in [2.24, 2.45) is 0 Å². The summed E-state index contributed by atoms with van der Waals surface area (Å²) in [5.74, 6) is 3.51. The Kier molecular flexibility index (Phi) is 7.07. The first-order valence-electron chi connectivity index (χ1n) is 19.6. The van der Waals surface area contributed by atoms with Crippen LogP contribution in [0.5, 0.6) is 11.5 Å². The van der Waals surface area contributed by atoms with Crippen molar-refractivity contribution in [2.75, 3.05) is 0 Å². The molecule has 270 valence electrons. The van der Waals surface area contributed by atoms with E-state index in [2.05, 4.69) is 127 Å². The summed E-state index contributed by atoms with van der Waals surface area (Å²) in [7, 11) is 0. The molecular weight excluding hydrogens is 709 g/mol. The summed E-state index contributed by atoms with van der Waals surface area (Å²) in [6, 6.07) is 67.7. The van der Waals surface area contributed by atoms with Gasteiger partial charge in [0, 0.05) is 49.5 Å². The van der Waals surface area contributed by atoms with Gasteiger partial charge in [-0.2, -0.15) is 0 Å².